The number of phenolic OH excluding ortho intramolecular Hbond substituents is 1. The number of phenols is 1. The third kappa shape index (κ3) is 28.7. The lowest BCUT2D eigenvalue weighted by atomic mass is 9.99. The van der Waals surface area contributed by atoms with Gasteiger partial charge >= 0.3 is 17.9 Å². The molecule has 32 nitrogen and oxygen atoms in total. The molecule has 2 rings (SSSR count). The summed E-state index contributed by atoms with van der Waals surface area (Å²) in [5.74, 6) is -17.2. The Kier molecular flexibility index (Phi) is 33.2. The fourth-order valence-electron chi connectivity index (χ4n) is 8.88. The third-order valence-electron chi connectivity index (χ3n) is 13.8. The van der Waals surface area contributed by atoms with E-state index in [1.807, 2.05) is 13.8 Å². The van der Waals surface area contributed by atoms with Crippen LogP contribution in [0.25, 0.3) is 0 Å². The van der Waals surface area contributed by atoms with Gasteiger partial charge in [-0.2, -0.15) is 0 Å². The summed E-state index contributed by atoms with van der Waals surface area (Å²) in [6.07, 6.45) is -6.83. The highest BCUT2D eigenvalue weighted by Crippen LogP contribution is 2.15. The zero-order chi connectivity index (χ0) is 67.9. The number of carbonyl (C=O) groups excluding carboxylic acids is 11. The molecule has 0 radical (unpaired) electrons. The van der Waals surface area contributed by atoms with E-state index in [0.29, 0.717) is 11.1 Å². The van der Waals surface area contributed by atoms with E-state index < -0.39 is 200 Å². The Morgan fingerprint density at radius 3 is 1.30 bits per heavy atom. The van der Waals surface area contributed by atoms with Crippen LogP contribution in [0.15, 0.2) is 54.6 Å². The standard InChI is InChI=1S/C58H87N13O19/c1-29(2)25-35(60)49(80)70-47(30(3)4)56(87)66-39(20-23-46(78)79)51(82)63-37(18-21-43(61)74)53(84)71-48(31(5)72)57(88)65-36(13-9-10-24-59)50(81)68-41(28-44(62)75)55(86)64-38(19-22-45(76)77)52(83)67-40(26-33-14-16-34(73)17-15-33)54(85)69-42(58(89)90)27-32-11-7-6-8-12-32/h6-8,11-12,14-17,29-31,35-42,47-48,72-73H,9-10,13,18-28,59-60H2,1-5H3,(H2,61,74)(H2,62,75)(H,63,82)(H,64,86)(H,65,88)(H,66,87)(H,67,83)(H,68,81)(H,69,85)(H,70,80)(H,71,84)(H,76,77)(H,78,79)(H,89,90)/t31-,35+,36+,37+,38+,39+,40+,41+,42+,47+,48+/m1/s1. The molecule has 32 heteroatoms. The maximum Gasteiger partial charge on any atom is 0.326 e. The van der Waals surface area contributed by atoms with Gasteiger partial charge in [-0.05, 0) is 93.5 Å². The van der Waals surface area contributed by atoms with Crippen molar-refractivity contribution in [3.8, 4) is 5.75 Å². The van der Waals surface area contributed by atoms with Gasteiger partial charge in [-0.15, -0.1) is 0 Å². The van der Waals surface area contributed by atoms with Crippen molar-refractivity contribution in [2.24, 2.45) is 34.8 Å². The smallest absolute Gasteiger partial charge is 0.326 e. The molecule has 0 aliphatic rings. The first-order valence-corrected chi connectivity index (χ1v) is 29.1. The molecule has 0 saturated heterocycles. The number of unbranched alkanes of at least 4 members (excludes halogenated alkanes) is 1. The molecule has 0 unspecified atom stereocenters. The molecule has 2 aromatic carbocycles. The summed E-state index contributed by atoms with van der Waals surface area (Å²) < 4.78 is 0. The molecule has 0 aliphatic heterocycles. The van der Waals surface area contributed by atoms with Crippen LogP contribution >= 0.6 is 0 Å². The summed E-state index contributed by atoms with van der Waals surface area (Å²) in [4.78, 5) is 186. The molecule has 0 heterocycles. The Balaban J connectivity index is 2.50. The van der Waals surface area contributed by atoms with Gasteiger partial charge in [-0.3, -0.25) is 62.3 Å². The number of rotatable bonds is 42. The molecule has 0 fully saturated rings. The summed E-state index contributed by atoms with van der Waals surface area (Å²) >= 11 is 0. The number of aromatic hydroxyl groups is 1. The van der Waals surface area contributed by atoms with Crippen LogP contribution in [0.3, 0.4) is 0 Å². The van der Waals surface area contributed by atoms with Gasteiger partial charge in [0.1, 0.15) is 60.1 Å². The van der Waals surface area contributed by atoms with Crippen molar-refractivity contribution in [1.29, 1.82) is 0 Å². The monoisotopic (exact) mass is 1270 g/mol. The number of benzene rings is 2. The van der Waals surface area contributed by atoms with Crippen molar-refractivity contribution < 1.29 is 92.7 Å². The number of hydrogen-bond donors (Lipinski definition) is 18. The van der Waals surface area contributed by atoms with Crippen molar-refractivity contribution in [2.75, 3.05) is 6.54 Å². The fourth-order valence-corrected chi connectivity index (χ4v) is 8.88. The number of amides is 11. The molecule has 22 N–H and O–H groups in total. The molecular weight excluding hydrogens is 1180 g/mol. The van der Waals surface area contributed by atoms with E-state index in [0.717, 1.165) is 6.92 Å². The predicted octanol–water partition coefficient (Wildman–Crippen LogP) is -3.97. The Morgan fingerprint density at radius 2 is 0.844 bits per heavy atom. The molecular formula is C58H87N13O19. The normalized spacial score (nSPS) is 14.8. The number of hydrogen-bond acceptors (Lipinski definition) is 18. The average Bonchev–Trinajstić information content (AvgIpc) is 1.75. The van der Waals surface area contributed by atoms with Gasteiger partial charge in [0, 0.05) is 32.1 Å². The van der Waals surface area contributed by atoms with Gasteiger partial charge in [0.15, 0.2) is 0 Å². The van der Waals surface area contributed by atoms with Crippen molar-refractivity contribution in [3.63, 3.8) is 0 Å². The van der Waals surface area contributed by atoms with E-state index in [4.69, 9.17) is 22.9 Å². The lowest BCUT2D eigenvalue weighted by Gasteiger charge is -2.29. The van der Waals surface area contributed by atoms with Crippen molar-refractivity contribution in [3.05, 3.63) is 65.7 Å². The Labute approximate surface area is 519 Å². The number of primary amides is 2. The molecule has 0 aromatic heterocycles. The lowest BCUT2D eigenvalue weighted by Crippen LogP contribution is -2.62. The van der Waals surface area contributed by atoms with E-state index in [1.54, 1.807) is 44.2 Å². The molecule has 0 bridgehead atoms. The summed E-state index contributed by atoms with van der Waals surface area (Å²) in [6.45, 7) is 7.93. The number of nitrogens with two attached hydrogens (primary N) is 4. The number of carboxylic acid groups (broad SMARTS) is 3. The summed E-state index contributed by atoms with van der Waals surface area (Å²) in [5.41, 5.74) is 23.4. The number of aliphatic hydroxyl groups excluding tert-OH is 1. The number of nitrogens with one attached hydrogen (secondary N) is 9. The first-order chi connectivity index (χ1) is 42.2. The van der Waals surface area contributed by atoms with Crippen LogP contribution in [0, 0.1) is 11.8 Å². The van der Waals surface area contributed by atoms with E-state index in [2.05, 4.69) is 47.9 Å². The van der Waals surface area contributed by atoms with Crippen LogP contribution in [0.1, 0.15) is 116 Å². The first kappa shape index (κ1) is 76.8. The number of aliphatic hydroxyl groups is 1. The summed E-state index contributed by atoms with van der Waals surface area (Å²) in [6, 6.07) is -2.88. The van der Waals surface area contributed by atoms with Gasteiger partial charge in [0.25, 0.3) is 0 Å². The average molecular weight is 1270 g/mol. The van der Waals surface area contributed by atoms with Gasteiger partial charge in [-0.1, -0.05) is 70.2 Å². The lowest BCUT2D eigenvalue weighted by molar-refractivity contribution is -0.142. The SMILES string of the molecule is CC(C)C[C@H](N)C(=O)N[C@H](C(=O)N[C@@H](CCC(=O)O)C(=O)N[C@@H](CCC(N)=O)C(=O)N[C@H](C(=O)N[C@@H](CCCCN)C(=O)N[C@@H](CC(N)=O)C(=O)N[C@@H](CCC(=O)O)C(=O)N[C@@H](Cc1ccc(O)cc1)C(=O)N[C@@H](Cc1ccccc1)C(=O)O)[C@@H](C)O)C(C)C. The first-order valence-electron chi connectivity index (χ1n) is 29.1. The van der Waals surface area contributed by atoms with Gasteiger partial charge in [0.2, 0.25) is 65.0 Å². The molecule has 0 saturated carbocycles. The molecule has 11 atom stereocenters. The van der Waals surface area contributed by atoms with Crippen LogP contribution in [0.2, 0.25) is 0 Å². The zero-order valence-corrected chi connectivity index (χ0v) is 50.9. The minimum atomic E-state index is -1.99. The Hall–Kier alpha value is -9.30. The van der Waals surface area contributed by atoms with Crippen LogP contribution in [0.4, 0.5) is 0 Å². The van der Waals surface area contributed by atoms with E-state index >= 15 is 0 Å². The molecule has 498 valence electrons. The number of carbonyl (C=O) groups is 14. The fraction of sp³-hybridized carbons (Fsp3) is 0.552. The van der Waals surface area contributed by atoms with Crippen molar-refractivity contribution in [2.45, 2.75) is 185 Å². The maximum absolute atomic E-state index is 14.2. The third-order valence-corrected chi connectivity index (χ3v) is 13.8. The largest absolute Gasteiger partial charge is 0.508 e. The molecule has 0 aliphatic carbocycles. The number of carboxylic acids is 3. The Morgan fingerprint density at radius 1 is 0.444 bits per heavy atom. The highest BCUT2D eigenvalue weighted by Gasteiger charge is 2.38. The second kappa shape index (κ2) is 38.9. The second-order valence-electron chi connectivity index (χ2n) is 22.3. The van der Waals surface area contributed by atoms with Gasteiger partial charge in [-0.25, -0.2) is 4.79 Å². The van der Waals surface area contributed by atoms with Crippen molar-refractivity contribution in [1.82, 2.24) is 47.9 Å². The van der Waals surface area contributed by atoms with Gasteiger partial charge in [0.05, 0.1) is 18.6 Å². The zero-order valence-electron chi connectivity index (χ0n) is 50.9. The van der Waals surface area contributed by atoms with Crippen LogP contribution < -0.4 is 70.8 Å². The minimum Gasteiger partial charge on any atom is -0.508 e. The highest BCUT2D eigenvalue weighted by molar-refractivity contribution is 6.00. The molecule has 0 spiro atoms. The summed E-state index contributed by atoms with van der Waals surface area (Å²) in [7, 11) is 0. The number of aliphatic carboxylic acids is 3. The summed E-state index contributed by atoms with van der Waals surface area (Å²) in [5, 5.41) is 71.2. The quantitative estimate of drug-likeness (QED) is 0.0282. The van der Waals surface area contributed by atoms with Crippen molar-refractivity contribution >= 4 is 82.9 Å². The topological polar surface area (TPSA) is 552 Å². The van der Waals surface area contributed by atoms with E-state index in [-0.39, 0.29) is 56.7 Å². The molecule has 11 amide bonds. The molecule has 2 aromatic rings. The minimum absolute atomic E-state index is 0.0117. The van der Waals surface area contributed by atoms with Crippen LogP contribution in [0.5, 0.6) is 5.75 Å². The maximum atomic E-state index is 14.2. The molecule has 90 heavy (non-hydrogen) atoms. The van der Waals surface area contributed by atoms with Crippen LogP contribution in [-0.2, 0) is 80.0 Å². The van der Waals surface area contributed by atoms with E-state index in [1.165, 1.54) is 24.3 Å². The second-order valence-corrected chi connectivity index (χ2v) is 22.3. The highest BCUT2D eigenvalue weighted by atomic mass is 16.4. The van der Waals surface area contributed by atoms with Gasteiger partial charge < -0.3 is 96.3 Å². The van der Waals surface area contributed by atoms with E-state index in [9.17, 15) is 92.7 Å². The van der Waals surface area contributed by atoms with Crippen LogP contribution in [-0.4, -0.2) is 181 Å². The Bertz CT molecular complexity index is 2810. The predicted molar refractivity (Wildman–Crippen MR) is 320 cm³/mol.